The van der Waals surface area contributed by atoms with Gasteiger partial charge in [-0.2, -0.15) is 0 Å². The molecule has 0 spiro atoms. The Bertz CT molecular complexity index is 221. The highest BCUT2D eigenvalue weighted by atomic mass is 16.6. The topological polar surface area (TPSA) is 55.4 Å². The van der Waals surface area contributed by atoms with E-state index in [-0.39, 0.29) is 24.4 Å². The predicted molar refractivity (Wildman–Crippen MR) is 80.3 cm³/mol. The van der Waals surface area contributed by atoms with Crippen LogP contribution in [0, 0.1) is 0 Å². The highest BCUT2D eigenvalue weighted by molar-refractivity contribution is 5.98. The lowest BCUT2D eigenvalue weighted by molar-refractivity contribution is -0.0870. The van der Waals surface area contributed by atoms with Crippen LogP contribution < -0.4 is 0 Å². The summed E-state index contributed by atoms with van der Waals surface area (Å²) in [5.41, 5.74) is 0. The molecule has 0 rings (SSSR count). The fourth-order valence-corrected chi connectivity index (χ4v) is 1.26. The van der Waals surface area contributed by atoms with Crippen molar-refractivity contribution in [2.45, 2.75) is 45.2 Å². The first-order valence-corrected chi connectivity index (χ1v) is 6.87. The normalized spacial score (nSPS) is 17.3. The van der Waals surface area contributed by atoms with E-state index in [1.807, 2.05) is 0 Å². The van der Waals surface area contributed by atoms with Gasteiger partial charge in [0.1, 0.15) is 6.10 Å². The van der Waals surface area contributed by atoms with E-state index in [1.165, 1.54) is 0 Å². The number of hydrogen-bond donors (Lipinski definition) is 0. The quantitative estimate of drug-likeness (QED) is 0.416. The van der Waals surface area contributed by atoms with Crippen molar-refractivity contribution in [2.75, 3.05) is 33.0 Å². The maximum atomic E-state index is 5.63. The molecule has 0 bridgehead atoms. The largest absolute Gasteiger partial charge is 0.443 e. The first kappa shape index (κ1) is 21.0. The average Bonchev–Trinajstić information content (AvgIpc) is 2.50. The highest BCUT2D eigenvalue weighted by Crippen LogP contribution is 2.01. The van der Waals surface area contributed by atoms with Crippen LogP contribution >= 0.6 is 0 Å². The van der Waals surface area contributed by atoms with E-state index in [9.17, 15) is 0 Å². The van der Waals surface area contributed by atoms with Gasteiger partial charge in [-0.3, -0.25) is 0 Å². The summed E-state index contributed by atoms with van der Waals surface area (Å²) in [6.45, 7) is 7.14. The van der Waals surface area contributed by atoms with Gasteiger partial charge in [-0.1, -0.05) is 0 Å². The molecule has 0 aliphatic heterocycles. The molecule has 0 aliphatic rings. The lowest BCUT2D eigenvalue weighted by Crippen LogP contribution is -2.32. The van der Waals surface area contributed by atoms with E-state index in [0.29, 0.717) is 33.0 Å². The van der Waals surface area contributed by atoms with Crippen LogP contribution in [0.2, 0.25) is 0 Å². The predicted octanol–water partition coefficient (Wildman–Crippen LogP) is -0.129. The summed E-state index contributed by atoms with van der Waals surface area (Å²) in [6.07, 6.45) is -0.866. The van der Waals surface area contributed by atoms with Crippen LogP contribution in [-0.2, 0) is 28.2 Å². The zero-order valence-electron chi connectivity index (χ0n) is 13.0. The molecule has 0 amide bonds. The van der Waals surface area contributed by atoms with Crippen LogP contribution in [-0.4, -0.2) is 81.6 Å². The Morgan fingerprint density at radius 2 is 1.00 bits per heavy atom. The SMILES string of the molecule is [B]OC(C)COCC(COCC(C)O[B])OCC(C)O[B]. The Kier molecular flexibility index (Phi) is 13.6. The molecule has 0 saturated heterocycles. The van der Waals surface area contributed by atoms with Crippen LogP contribution in [0.3, 0.4) is 0 Å². The third-order valence-electron chi connectivity index (χ3n) is 2.58. The van der Waals surface area contributed by atoms with Gasteiger partial charge < -0.3 is 28.2 Å². The zero-order valence-corrected chi connectivity index (χ0v) is 13.0. The van der Waals surface area contributed by atoms with Crippen molar-refractivity contribution >= 4 is 24.1 Å². The minimum absolute atomic E-state index is 0.191. The fourth-order valence-electron chi connectivity index (χ4n) is 1.26. The molecule has 0 aromatic rings. The average molecular weight is 296 g/mol. The Hall–Kier alpha value is -0.0452. The van der Waals surface area contributed by atoms with E-state index in [0.717, 1.165) is 0 Å². The van der Waals surface area contributed by atoms with Gasteiger partial charge >= 0.3 is 0 Å². The molecule has 0 aromatic heterocycles. The second kappa shape index (κ2) is 13.6. The van der Waals surface area contributed by atoms with E-state index >= 15 is 0 Å². The van der Waals surface area contributed by atoms with E-state index in [4.69, 9.17) is 38.4 Å². The molecule has 9 heteroatoms. The van der Waals surface area contributed by atoms with Gasteiger partial charge in [0, 0.05) is 0 Å². The number of hydrogen-bond acceptors (Lipinski definition) is 6. The third kappa shape index (κ3) is 12.2. The maximum Gasteiger partial charge on any atom is 0.283 e. The molecule has 0 N–H and O–H groups in total. The van der Waals surface area contributed by atoms with Crippen LogP contribution in [0.4, 0.5) is 0 Å². The van der Waals surface area contributed by atoms with Crippen molar-refractivity contribution in [3.8, 4) is 0 Å². The summed E-state index contributed by atoms with van der Waals surface area (Å²) in [4.78, 5) is 0. The van der Waals surface area contributed by atoms with Crippen molar-refractivity contribution in [1.82, 2.24) is 0 Å². The van der Waals surface area contributed by atoms with E-state index in [2.05, 4.69) is 14.0 Å². The number of ether oxygens (including phenoxy) is 3. The van der Waals surface area contributed by atoms with Crippen molar-refractivity contribution in [2.24, 2.45) is 0 Å². The molecule has 0 aliphatic carbocycles. The summed E-state index contributed by atoms with van der Waals surface area (Å²) >= 11 is 0. The number of rotatable bonds is 14. The molecule has 0 saturated carbocycles. The first-order chi connectivity index (χ1) is 10.0. The first-order valence-electron chi connectivity index (χ1n) is 6.87. The van der Waals surface area contributed by atoms with Crippen LogP contribution in [0.5, 0.6) is 0 Å². The Labute approximate surface area is 131 Å². The Morgan fingerprint density at radius 1 is 0.619 bits per heavy atom. The van der Waals surface area contributed by atoms with Gasteiger partial charge in [-0.15, -0.1) is 0 Å². The van der Waals surface area contributed by atoms with Gasteiger partial charge in [0.05, 0.1) is 51.3 Å². The molecule has 116 valence electrons. The van der Waals surface area contributed by atoms with Gasteiger partial charge in [0.2, 0.25) is 0 Å². The summed E-state index contributed by atoms with van der Waals surface area (Å²) < 4.78 is 30.4. The van der Waals surface area contributed by atoms with Gasteiger partial charge in [-0.05, 0) is 20.8 Å². The van der Waals surface area contributed by atoms with Crippen molar-refractivity contribution < 1.29 is 28.2 Å². The molecule has 0 aromatic carbocycles. The standard InChI is InChI=1S/C12H23B3O6/c1-9(19-13)4-16-7-12(18-6-11(3)21-15)8-17-5-10(2)20-14/h9-12H,4-8H2,1-3H3. The molecule has 0 heterocycles. The monoisotopic (exact) mass is 296 g/mol. The van der Waals surface area contributed by atoms with Gasteiger partial charge in [0.15, 0.2) is 0 Å². The maximum absolute atomic E-state index is 5.63. The van der Waals surface area contributed by atoms with Crippen molar-refractivity contribution in [1.29, 1.82) is 0 Å². The van der Waals surface area contributed by atoms with Crippen molar-refractivity contribution in [3.05, 3.63) is 0 Å². The molecular formula is C12H23B3O6. The lowest BCUT2D eigenvalue weighted by Gasteiger charge is -2.22. The summed E-state index contributed by atoms with van der Waals surface area (Å²) in [7, 11) is 15.2. The summed E-state index contributed by atoms with van der Waals surface area (Å²) in [5, 5.41) is 0. The fraction of sp³-hybridized carbons (Fsp3) is 1.00. The van der Waals surface area contributed by atoms with Gasteiger partial charge in [-0.25, -0.2) is 0 Å². The highest BCUT2D eigenvalue weighted by Gasteiger charge is 2.13. The zero-order chi connectivity index (χ0) is 16.1. The van der Waals surface area contributed by atoms with E-state index < -0.39 is 0 Å². The molecule has 3 unspecified atom stereocenters. The smallest absolute Gasteiger partial charge is 0.283 e. The minimum Gasteiger partial charge on any atom is -0.443 e. The van der Waals surface area contributed by atoms with Crippen LogP contribution in [0.15, 0.2) is 0 Å². The third-order valence-corrected chi connectivity index (χ3v) is 2.58. The molecular weight excluding hydrogens is 273 g/mol. The lowest BCUT2D eigenvalue weighted by atomic mass is 10.3. The molecule has 0 fully saturated rings. The van der Waals surface area contributed by atoms with Gasteiger partial charge in [0.25, 0.3) is 24.1 Å². The van der Waals surface area contributed by atoms with Crippen LogP contribution in [0.1, 0.15) is 20.8 Å². The van der Waals surface area contributed by atoms with Crippen LogP contribution in [0.25, 0.3) is 0 Å². The molecule has 6 radical (unpaired) electrons. The molecule has 3 atom stereocenters. The second-order valence-corrected chi connectivity index (χ2v) is 4.87. The Morgan fingerprint density at radius 3 is 1.38 bits per heavy atom. The molecule has 21 heavy (non-hydrogen) atoms. The summed E-state index contributed by atoms with van der Waals surface area (Å²) in [6, 6.07) is 0. The van der Waals surface area contributed by atoms with Crippen molar-refractivity contribution in [3.63, 3.8) is 0 Å². The van der Waals surface area contributed by atoms with E-state index in [1.54, 1.807) is 20.8 Å². The molecule has 6 nitrogen and oxygen atoms in total. The minimum atomic E-state index is -0.266. The second-order valence-electron chi connectivity index (χ2n) is 4.87. The summed E-state index contributed by atoms with van der Waals surface area (Å²) in [5.74, 6) is 0. The Balaban J connectivity index is 4.01.